The highest BCUT2D eigenvalue weighted by Crippen LogP contribution is 2.20. The molecule has 2 amide bonds. The van der Waals surface area contributed by atoms with E-state index in [9.17, 15) is 9.59 Å². The van der Waals surface area contributed by atoms with Crippen molar-refractivity contribution < 1.29 is 9.59 Å². The molecular weight excluding hydrogens is 336 g/mol. The molecule has 0 aromatic heterocycles. The van der Waals surface area contributed by atoms with Crippen molar-refractivity contribution in [3.05, 3.63) is 65.7 Å². The Hall–Kier alpha value is -2.62. The average Bonchev–Trinajstić information content (AvgIpc) is 2.98. The summed E-state index contributed by atoms with van der Waals surface area (Å²) >= 11 is 0. The molecule has 1 heterocycles. The van der Waals surface area contributed by atoms with E-state index in [0.29, 0.717) is 17.7 Å². The highest BCUT2D eigenvalue weighted by atomic mass is 16.2. The molecule has 27 heavy (non-hydrogen) atoms. The van der Waals surface area contributed by atoms with E-state index in [1.807, 2.05) is 47.4 Å². The molecule has 4 nitrogen and oxygen atoms in total. The van der Waals surface area contributed by atoms with Gasteiger partial charge in [0, 0.05) is 19.5 Å². The van der Waals surface area contributed by atoms with Crippen LogP contribution in [-0.2, 0) is 11.2 Å². The number of anilines is 1. The molecule has 0 saturated carbocycles. The summed E-state index contributed by atoms with van der Waals surface area (Å²) in [6, 6.07) is 17.5. The number of carbonyl (C=O) groups excluding carboxylic acids is 2. The number of benzene rings is 2. The van der Waals surface area contributed by atoms with Crippen LogP contribution in [0.25, 0.3) is 0 Å². The van der Waals surface area contributed by atoms with Crippen molar-refractivity contribution in [1.82, 2.24) is 4.90 Å². The lowest BCUT2D eigenvalue weighted by atomic mass is 10.1. The van der Waals surface area contributed by atoms with E-state index in [-0.39, 0.29) is 11.8 Å². The van der Waals surface area contributed by atoms with E-state index in [1.54, 1.807) is 0 Å². The fourth-order valence-electron chi connectivity index (χ4n) is 3.53. The molecule has 0 atom stereocenters. The van der Waals surface area contributed by atoms with Gasteiger partial charge in [0.15, 0.2) is 0 Å². The first-order chi connectivity index (χ1) is 13.2. The van der Waals surface area contributed by atoms with E-state index >= 15 is 0 Å². The molecule has 4 heteroatoms. The quantitative estimate of drug-likeness (QED) is 0.810. The van der Waals surface area contributed by atoms with Gasteiger partial charge in [-0.15, -0.1) is 0 Å². The number of nitrogens with zero attached hydrogens (tertiary/aromatic N) is 1. The van der Waals surface area contributed by atoms with E-state index in [4.69, 9.17) is 0 Å². The van der Waals surface area contributed by atoms with Gasteiger partial charge in [-0.1, -0.05) is 55.3 Å². The molecule has 0 unspecified atom stereocenters. The molecule has 1 fully saturated rings. The Balaban J connectivity index is 1.58. The number of hydrogen-bond acceptors (Lipinski definition) is 2. The predicted octanol–water partition coefficient (Wildman–Crippen LogP) is 4.66. The molecule has 0 bridgehead atoms. The van der Waals surface area contributed by atoms with Gasteiger partial charge in [0.1, 0.15) is 0 Å². The minimum absolute atomic E-state index is 0.0251. The highest BCUT2D eigenvalue weighted by Gasteiger charge is 2.20. The third-order valence-electron chi connectivity index (χ3n) is 5.04. The first-order valence-corrected chi connectivity index (χ1v) is 9.96. The number of hydrogen-bond donors (Lipinski definition) is 1. The van der Waals surface area contributed by atoms with Crippen molar-refractivity contribution in [2.24, 2.45) is 0 Å². The Morgan fingerprint density at radius 1 is 0.852 bits per heavy atom. The third-order valence-corrected chi connectivity index (χ3v) is 5.04. The Labute approximate surface area is 161 Å². The summed E-state index contributed by atoms with van der Waals surface area (Å²) < 4.78 is 0. The summed E-state index contributed by atoms with van der Waals surface area (Å²) in [5.74, 6) is -0.0147. The number of amides is 2. The van der Waals surface area contributed by atoms with Gasteiger partial charge in [0.2, 0.25) is 5.91 Å². The molecule has 2 aromatic carbocycles. The van der Waals surface area contributed by atoms with Crippen molar-refractivity contribution in [2.45, 2.75) is 44.9 Å². The molecule has 1 aliphatic heterocycles. The molecule has 142 valence electrons. The second-order valence-corrected chi connectivity index (χ2v) is 7.14. The zero-order valence-electron chi connectivity index (χ0n) is 15.8. The summed E-state index contributed by atoms with van der Waals surface area (Å²) in [5.41, 5.74) is 2.45. The van der Waals surface area contributed by atoms with E-state index in [0.717, 1.165) is 38.8 Å². The van der Waals surface area contributed by atoms with Crippen LogP contribution in [-0.4, -0.2) is 29.8 Å². The second kappa shape index (κ2) is 9.91. The molecule has 1 saturated heterocycles. The number of para-hydroxylation sites is 1. The van der Waals surface area contributed by atoms with Gasteiger partial charge in [0.05, 0.1) is 11.3 Å². The summed E-state index contributed by atoms with van der Waals surface area (Å²) in [6.45, 7) is 1.61. The maximum atomic E-state index is 12.9. The number of carbonyl (C=O) groups is 2. The minimum Gasteiger partial charge on any atom is -0.339 e. The molecule has 1 N–H and O–H groups in total. The van der Waals surface area contributed by atoms with Crippen LogP contribution >= 0.6 is 0 Å². The predicted molar refractivity (Wildman–Crippen MR) is 109 cm³/mol. The van der Waals surface area contributed by atoms with Crippen LogP contribution in [0.5, 0.6) is 0 Å². The summed E-state index contributed by atoms with van der Waals surface area (Å²) in [7, 11) is 0. The van der Waals surface area contributed by atoms with Crippen molar-refractivity contribution in [3.63, 3.8) is 0 Å². The van der Waals surface area contributed by atoms with Crippen LogP contribution in [0.3, 0.4) is 0 Å². The minimum atomic E-state index is -0.0398. The van der Waals surface area contributed by atoms with Crippen LogP contribution in [0.1, 0.15) is 54.4 Å². The Morgan fingerprint density at radius 3 is 2.26 bits per heavy atom. The van der Waals surface area contributed by atoms with Crippen molar-refractivity contribution in [1.29, 1.82) is 0 Å². The van der Waals surface area contributed by atoms with Gasteiger partial charge in [-0.25, -0.2) is 0 Å². The Bertz CT molecular complexity index is 750. The normalized spacial score (nSPS) is 14.4. The van der Waals surface area contributed by atoms with Gasteiger partial charge in [-0.2, -0.15) is 0 Å². The van der Waals surface area contributed by atoms with Gasteiger partial charge in [-0.3, -0.25) is 9.59 Å². The number of aryl methyl sites for hydroxylation is 1. The van der Waals surface area contributed by atoms with E-state index in [2.05, 4.69) is 17.4 Å². The van der Waals surface area contributed by atoms with Gasteiger partial charge >= 0.3 is 0 Å². The van der Waals surface area contributed by atoms with Gasteiger partial charge in [-0.05, 0) is 43.4 Å². The zero-order valence-corrected chi connectivity index (χ0v) is 15.8. The maximum absolute atomic E-state index is 12.9. The number of likely N-dealkylation sites (tertiary alicyclic amines) is 1. The molecule has 0 radical (unpaired) electrons. The zero-order chi connectivity index (χ0) is 18.9. The highest BCUT2D eigenvalue weighted by molar-refractivity contribution is 6.03. The lowest BCUT2D eigenvalue weighted by Gasteiger charge is -2.22. The molecule has 3 rings (SSSR count). The first kappa shape index (κ1) is 19.2. The Morgan fingerprint density at radius 2 is 1.52 bits per heavy atom. The SMILES string of the molecule is O=C(CCCc1ccccc1)Nc1ccccc1C(=O)N1CCCCCC1. The molecule has 0 spiro atoms. The maximum Gasteiger partial charge on any atom is 0.255 e. The van der Waals surface area contributed by atoms with E-state index < -0.39 is 0 Å². The number of rotatable bonds is 6. The molecule has 1 aliphatic rings. The summed E-state index contributed by atoms with van der Waals surface area (Å²) in [6.07, 6.45) is 6.59. The van der Waals surface area contributed by atoms with Crippen molar-refractivity contribution in [3.8, 4) is 0 Å². The topological polar surface area (TPSA) is 49.4 Å². The monoisotopic (exact) mass is 364 g/mol. The summed E-state index contributed by atoms with van der Waals surface area (Å²) in [5, 5.41) is 2.95. The van der Waals surface area contributed by atoms with Crippen LogP contribution < -0.4 is 5.32 Å². The van der Waals surface area contributed by atoms with Crippen molar-refractivity contribution in [2.75, 3.05) is 18.4 Å². The van der Waals surface area contributed by atoms with Crippen molar-refractivity contribution >= 4 is 17.5 Å². The van der Waals surface area contributed by atoms with Crippen LogP contribution in [0.2, 0.25) is 0 Å². The standard InChI is InChI=1S/C23H28N2O2/c26-22(16-10-13-19-11-4-3-5-12-19)24-21-15-7-6-14-20(21)23(27)25-17-8-1-2-9-18-25/h3-7,11-12,14-15H,1-2,8-10,13,16-18H2,(H,24,26). The largest absolute Gasteiger partial charge is 0.339 e. The van der Waals surface area contributed by atoms with Gasteiger partial charge < -0.3 is 10.2 Å². The lowest BCUT2D eigenvalue weighted by Crippen LogP contribution is -2.32. The van der Waals surface area contributed by atoms with Gasteiger partial charge in [0.25, 0.3) is 5.91 Å². The lowest BCUT2D eigenvalue weighted by molar-refractivity contribution is -0.116. The summed E-state index contributed by atoms with van der Waals surface area (Å²) in [4.78, 5) is 27.2. The average molecular weight is 364 g/mol. The smallest absolute Gasteiger partial charge is 0.255 e. The third kappa shape index (κ3) is 5.68. The number of nitrogens with one attached hydrogen (secondary N) is 1. The molecule has 0 aliphatic carbocycles. The molecular formula is C23H28N2O2. The second-order valence-electron chi connectivity index (χ2n) is 7.14. The Kier molecular flexibility index (Phi) is 7.03. The fourth-order valence-corrected chi connectivity index (χ4v) is 3.53. The van der Waals surface area contributed by atoms with E-state index in [1.165, 1.54) is 18.4 Å². The fraction of sp³-hybridized carbons (Fsp3) is 0.391. The van der Waals surface area contributed by atoms with Crippen LogP contribution in [0.4, 0.5) is 5.69 Å². The van der Waals surface area contributed by atoms with Crippen LogP contribution in [0.15, 0.2) is 54.6 Å². The molecule has 2 aromatic rings. The van der Waals surface area contributed by atoms with Crippen LogP contribution in [0, 0.1) is 0 Å². The first-order valence-electron chi connectivity index (χ1n) is 9.96.